The summed E-state index contributed by atoms with van der Waals surface area (Å²) in [6, 6.07) is 6.49. The number of aromatic amines is 1. The minimum absolute atomic E-state index is 0.0640. The number of carboxylic acids is 1. The molecule has 1 aromatic carbocycles. The highest BCUT2D eigenvalue weighted by molar-refractivity contribution is 6.30. The van der Waals surface area contributed by atoms with Gasteiger partial charge in [0.15, 0.2) is 6.04 Å². The van der Waals surface area contributed by atoms with Gasteiger partial charge in [0, 0.05) is 10.7 Å². The Labute approximate surface area is 155 Å². The average molecular weight is 375 g/mol. The molecule has 7 heteroatoms. The molecule has 0 saturated heterocycles. The molecule has 3 N–H and O–H groups in total. The van der Waals surface area contributed by atoms with Gasteiger partial charge in [-0.05, 0) is 55.0 Å². The number of fused-ring (bicyclic) bond motifs is 1. The number of halogens is 1. The monoisotopic (exact) mass is 374 g/mol. The van der Waals surface area contributed by atoms with E-state index < -0.39 is 23.5 Å². The van der Waals surface area contributed by atoms with E-state index in [-0.39, 0.29) is 5.56 Å². The first kappa shape index (κ1) is 18.2. The van der Waals surface area contributed by atoms with Crippen LogP contribution in [-0.2, 0) is 17.6 Å². The minimum atomic E-state index is -1.27. The maximum Gasteiger partial charge on any atom is 0.330 e. The minimum Gasteiger partial charge on any atom is -0.479 e. The van der Waals surface area contributed by atoms with E-state index in [1.807, 2.05) is 0 Å². The third kappa shape index (κ3) is 3.96. The van der Waals surface area contributed by atoms with Crippen LogP contribution >= 0.6 is 11.6 Å². The molecule has 1 atom stereocenters. The normalized spacial score (nSPS) is 14.8. The fourth-order valence-electron chi connectivity index (χ4n) is 3.17. The van der Waals surface area contributed by atoms with Crippen LogP contribution in [0.5, 0.6) is 0 Å². The lowest BCUT2D eigenvalue weighted by Gasteiger charge is -2.15. The van der Waals surface area contributed by atoms with Crippen molar-refractivity contribution in [2.75, 3.05) is 0 Å². The van der Waals surface area contributed by atoms with Crippen molar-refractivity contribution in [3.05, 3.63) is 68.1 Å². The first-order chi connectivity index (χ1) is 12.5. The van der Waals surface area contributed by atoms with Crippen LogP contribution in [0.25, 0.3) is 0 Å². The Kier molecular flexibility index (Phi) is 5.42. The fraction of sp³-hybridized carbons (Fsp3) is 0.316. The van der Waals surface area contributed by atoms with Crippen LogP contribution in [0.15, 0.2) is 35.1 Å². The zero-order valence-corrected chi connectivity index (χ0v) is 14.8. The number of carboxylic acid groups (broad SMARTS) is 1. The lowest BCUT2D eigenvalue weighted by Crippen LogP contribution is -2.37. The van der Waals surface area contributed by atoms with Gasteiger partial charge in [-0.25, -0.2) is 4.79 Å². The average Bonchev–Trinajstić information content (AvgIpc) is 2.84. The van der Waals surface area contributed by atoms with Gasteiger partial charge >= 0.3 is 5.97 Å². The van der Waals surface area contributed by atoms with Gasteiger partial charge in [-0.15, -0.1) is 0 Å². The number of aliphatic carboxylic acids is 1. The summed E-state index contributed by atoms with van der Waals surface area (Å²) < 4.78 is 0. The summed E-state index contributed by atoms with van der Waals surface area (Å²) >= 11 is 5.82. The molecule has 0 saturated carbocycles. The number of aromatic nitrogens is 1. The number of amides is 1. The molecule has 1 amide bonds. The molecule has 0 aliphatic heterocycles. The summed E-state index contributed by atoms with van der Waals surface area (Å²) in [4.78, 5) is 39.2. The molecule has 136 valence electrons. The number of hydrogen-bond donors (Lipinski definition) is 3. The summed E-state index contributed by atoms with van der Waals surface area (Å²) in [7, 11) is 0. The first-order valence-corrected chi connectivity index (χ1v) is 8.87. The van der Waals surface area contributed by atoms with Gasteiger partial charge in [0.1, 0.15) is 5.56 Å². The number of rotatable bonds is 4. The zero-order valence-electron chi connectivity index (χ0n) is 14.0. The van der Waals surface area contributed by atoms with Gasteiger partial charge in [-0.2, -0.15) is 0 Å². The molecule has 26 heavy (non-hydrogen) atoms. The first-order valence-electron chi connectivity index (χ1n) is 8.50. The SMILES string of the molecule is O=C(NC(C(=O)O)c1ccc(Cl)cc1)c1cc2c([nH]c1=O)CCCCC2. The molecular weight excluding hydrogens is 356 g/mol. The number of carbonyl (C=O) groups excluding carboxylic acids is 1. The smallest absolute Gasteiger partial charge is 0.330 e. The van der Waals surface area contributed by atoms with E-state index in [1.54, 1.807) is 18.2 Å². The van der Waals surface area contributed by atoms with E-state index >= 15 is 0 Å². The Morgan fingerprint density at radius 2 is 1.81 bits per heavy atom. The predicted molar refractivity (Wildman–Crippen MR) is 97.6 cm³/mol. The lowest BCUT2D eigenvalue weighted by molar-refractivity contribution is -0.139. The number of nitrogens with one attached hydrogen (secondary N) is 2. The van der Waals surface area contributed by atoms with Gasteiger partial charge in [0.05, 0.1) is 0 Å². The van der Waals surface area contributed by atoms with Crippen molar-refractivity contribution in [2.45, 2.75) is 38.1 Å². The van der Waals surface area contributed by atoms with Crippen molar-refractivity contribution in [1.82, 2.24) is 10.3 Å². The van der Waals surface area contributed by atoms with Gasteiger partial charge in [0.25, 0.3) is 11.5 Å². The molecule has 1 aliphatic carbocycles. The van der Waals surface area contributed by atoms with E-state index in [2.05, 4.69) is 10.3 Å². The number of pyridine rings is 1. The highest BCUT2D eigenvalue weighted by Crippen LogP contribution is 2.20. The summed E-state index contributed by atoms with van der Waals surface area (Å²) in [5.41, 5.74) is 1.64. The number of hydrogen-bond acceptors (Lipinski definition) is 3. The van der Waals surface area contributed by atoms with Crippen molar-refractivity contribution in [1.29, 1.82) is 0 Å². The molecule has 1 aliphatic rings. The van der Waals surface area contributed by atoms with Crippen molar-refractivity contribution < 1.29 is 14.7 Å². The fourth-order valence-corrected chi connectivity index (χ4v) is 3.30. The van der Waals surface area contributed by atoms with Gasteiger partial charge < -0.3 is 15.4 Å². The second-order valence-corrected chi connectivity index (χ2v) is 6.81. The number of benzene rings is 1. The molecule has 1 aromatic heterocycles. The van der Waals surface area contributed by atoms with E-state index in [9.17, 15) is 19.5 Å². The molecule has 0 fully saturated rings. The molecule has 0 radical (unpaired) electrons. The molecule has 0 bridgehead atoms. The van der Waals surface area contributed by atoms with Crippen LogP contribution in [0.4, 0.5) is 0 Å². The second kappa shape index (κ2) is 7.74. The number of aryl methyl sites for hydroxylation is 2. The maximum absolute atomic E-state index is 12.6. The summed E-state index contributed by atoms with van der Waals surface area (Å²) in [6.45, 7) is 0. The van der Waals surface area contributed by atoms with Crippen LogP contribution in [0.2, 0.25) is 5.02 Å². The summed E-state index contributed by atoms with van der Waals surface area (Å²) in [6.07, 6.45) is 4.67. The van der Waals surface area contributed by atoms with Crippen LogP contribution in [0.1, 0.15) is 52.5 Å². The number of H-pyrrole nitrogens is 1. The molecule has 1 unspecified atom stereocenters. The highest BCUT2D eigenvalue weighted by atomic mass is 35.5. The Bertz CT molecular complexity index is 889. The van der Waals surface area contributed by atoms with E-state index in [1.165, 1.54) is 12.1 Å². The van der Waals surface area contributed by atoms with E-state index in [0.29, 0.717) is 10.6 Å². The predicted octanol–water partition coefficient (Wildman–Crippen LogP) is 2.85. The van der Waals surface area contributed by atoms with Gasteiger partial charge in [-0.1, -0.05) is 30.2 Å². The largest absolute Gasteiger partial charge is 0.479 e. The van der Waals surface area contributed by atoms with Crippen LogP contribution in [0, 0.1) is 0 Å². The highest BCUT2D eigenvalue weighted by Gasteiger charge is 2.25. The van der Waals surface area contributed by atoms with Crippen molar-refractivity contribution >= 4 is 23.5 Å². The molecule has 0 spiro atoms. The van der Waals surface area contributed by atoms with Gasteiger partial charge in [0.2, 0.25) is 0 Å². The van der Waals surface area contributed by atoms with Crippen LogP contribution in [-0.4, -0.2) is 22.0 Å². The topological polar surface area (TPSA) is 99.3 Å². The van der Waals surface area contributed by atoms with Gasteiger partial charge in [-0.3, -0.25) is 9.59 Å². The van der Waals surface area contributed by atoms with Crippen molar-refractivity contribution in [3.63, 3.8) is 0 Å². The van der Waals surface area contributed by atoms with Crippen molar-refractivity contribution in [2.24, 2.45) is 0 Å². The summed E-state index contributed by atoms with van der Waals surface area (Å²) in [5.74, 6) is -1.92. The number of carbonyl (C=O) groups is 2. The second-order valence-electron chi connectivity index (χ2n) is 6.37. The van der Waals surface area contributed by atoms with Crippen LogP contribution in [0.3, 0.4) is 0 Å². The Hall–Kier alpha value is -2.60. The molecule has 3 rings (SSSR count). The van der Waals surface area contributed by atoms with E-state index in [4.69, 9.17) is 11.6 Å². The molecule has 2 aromatic rings. The van der Waals surface area contributed by atoms with Crippen molar-refractivity contribution in [3.8, 4) is 0 Å². The molecule has 1 heterocycles. The Balaban J connectivity index is 1.88. The zero-order chi connectivity index (χ0) is 18.7. The third-order valence-electron chi connectivity index (χ3n) is 4.56. The quantitative estimate of drug-likeness (QED) is 0.716. The molecule has 6 nitrogen and oxygen atoms in total. The van der Waals surface area contributed by atoms with Crippen LogP contribution < -0.4 is 10.9 Å². The maximum atomic E-state index is 12.6. The standard InChI is InChI=1S/C19H19ClN2O4/c20-13-8-6-11(7-9-13)16(19(25)26)22-18(24)14-10-12-4-2-1-3-5-15(12)21-17(14)23/h6-10,16H,1-5H2,(H,21,23)(H,22,24)(H,25,26). The lowest BCUT2D eigenvalue weighted by atomic mass is 10.0. The summed E-state index contributed by atoms with van der Waals surface area (Å²) in [5, 5.41) is 12.4. The van der Waals surface area contributed by atoms with E-state index in [0.717, 1.165) is 43.4 Å². The third-order valence-corrected chi connectivity index (χ3v) is 4.81. The Morgan fingerprint density at radius 3 is 2.50 bits per heavy atom. The Morgan fingerprint density at radius 1 is 1.12 bits per heavy atom. The molecular formula is C19H19ClN2O4.